The van der Waals surface area contributed by atoms with Crippen molar-refractivity contribution in [3.05, 3.63) is 29.3 Å². The molecule has 1 unspecified atom stereocenters. The van der Waals surface area contributed by atoms with Gasteiger partial charge in [-0.15, -0.1) is 11.8 Å². The minimum Gasteiger partial charge on any atom is -0.455 e. The standard InChI is InChI=1S/C18H25NO3S/c1-12(2)13(3)19-17(20)10-22-18(21)11-23-16-8-7-14-5-4-6-15(14)9-16/h7-9,12-13H,4-6,10-11H2,1-3H3,(H,19,20). The summed E-state index contributed by atoms with van der Waals surface area (Å²) < 4.78 is 5.03. The van der Waals surface area contributed by atoms with E-state index in [-0.39, 0.29) is 30.3 Å². The van der Waals surface area contributed by atoms with Gasteiger partial charge in [0.15, 0.2) is 6.61 Å². The zero-order valence-corrected chi connectivity index (χ0v) is 14.9. The van der Waals surface area contributed by atoms with Crippen LogP contribution in [0.2, 0.25) is 0 Å². The van der Waals surface area contributed by atoms with Crippen molar-refractivity contribution in [2.45, 2.75) is 51.0 Å². The van der Waals surface area contributed by atoms with Gasteiger partial charge < -0.3 is 10.1 Å². The molecule has 1 aliphatic carbocycles. The summed E-state index contributed by atoms with van der Waals surface area (Å²) in [6, 6.07) is 6.44. The second-order valence-electron chi connectivity index (χ2n) is 6.33. The topological polar surface area (TPSA) is 55.4 Å². The van der Waals surface area contributed by atoms with E-state index in [9.17, 15) is 9.59 Å². The molecule has 0 heterocycles. The first-order valence-electron chi connectivity index (χ1n) is 8.15. The summed E-state index contributed by atoms with van der Waals surface area (Å²) in [6.45, 7) is 5.79. The van der Waals surface area contributed by atoms with Crippen LogP contribution in [0.3, 0.4) is 0 Å². The van der Waals surface area contributed by atoms with Gasteiger partial charge in [0, 0.05) is 10.9 Å². The summed E-state index contributed by atoms with van der Waals surface area (Å²) in [4.78, 5) is 24.5. The number of fused-ring (bicyclic) bond motifs is 1. The third kappa shape index (κ3) is 5.57. The van der Waals surface area contributed by atoms with Gasteiger partial charge in [-0.3, -0.25) is 9.59 Å². The Hall–Kier alpha value is -1.49. The van der Waals surface area contributed by atoms with Gasteiger partial charge in [-0.2, -0.15) is 0 Å². The number of amides is 1. The number of carbonyl (C=O) groups excluding carboxylic acids is 2. The first-order valence-corrected chi connectivity index (χ1v) is 9.14. The van der Waals surface area contributed by atoms with Crippen molar-refractivity contribution in [2.24, 2.45) is 5.92 Å². The predicted octanol–water partition coefficient (Wildman–Crippen LogP) is 2.97. The molecule has 1 aromatic rings. The van der Waals surface area contributed by atoms with Gasteiger partial charge in [-0.1, -0.05) is 19.9 Å². The molecule has 1 aliphatic rings. The Morgan fingerprint density at radius 3 is 2.70 bits per heavy atom. The van der Waals surface area contributed by atoms with Crippen molar-refractivity contribution in [1.29, 1.82) is 0 Å². The molecule has 0 aliphatic heterocycles. The Balaban J connectivity index is 1.70. The molecule has 4 nitrogen and oxygen atoms in total. The third-order valence-corrected chi connectivity index (χ3v) is 5.15. The molecule has 1 amide bonds. The number of aryl methyl sites for hydroxylation is 2. The summed E-state index contributed by atoms with van der Waals surface area (Å²) >= 11 is 1.46. The highest BCUT2D eigenvalue weighted by atomic mass is 32.2. The summed E-state index contributed by atoms with van der Waals surface area (Å²) in [5, 5.41) is 2.81. The molecule has 0 saturated heterocycles. The van der Waals surface area contributed by atoms with Gasteiger partial charge in [0.1, 0.15) is 0 Å². The van der Waals surface area contributed by atoms with Gasteiger partial charge in [0.05, 0.1) is 5.75 Å². The van der Waals surface area contributed by atoms with Crippen LogP contribution >= 0.6 is 11.8 Å². The minimum absolute atomic E-state index is 0.0713. The highest BCUT2D eigenvalue weighted by Crippen LogP contribution is 2.27. The monoisotopic (exact) mass is 335 g/mol. The fourth-order valence-electron chi connectivity index (χ4n) is 2.43. The van der Waals surface area contributed by atoms with Crippen molar-refractivity contribution in [2.75, 3.05) is 12.4 Å². The number of nitrogens with one attached hydrogen (secondary N) is 1. The number of hydrogen-bond donors (Lipinski definition) is 1. The smallest absolute Gasteiger partial charge is 0.316 e. The van der Waals surface area contributed by atoms with E-state index >= 15 is 0 Å². The van der Waals surface area contributed by atoms with E-state index in [4.69, 9.17) is 4.74 Å². The van der Waals surface area contributed by atoms with Gasteiger partial charge in [-0.25, -0.2) is 0 Å². The molecule has 5 heteroatoms. The number of carbonyl (C=O) groups is 2. The molecular formula is C18H25NO3S. The summed E-state index contributed by atoms with van der Waals surface area (Å²) in [7, 11) is 0. The number of hydrogen-bond acceptors (Lipinski definition) is 4. The summed E-state index contributed by atoms with van der Waals surface area (Å²) in [5.74, 6) is -0.0267. The van der Waals surface area contributed by atoms with Crippen LogP contribution < -0.4 is 5.32 Å². The van der Waals surface area contributed by atoms with Crippen molar-refractivity contribution < 1.29 is 14.3 Å². The lowest BCUT2D eigenvalue weighted by Crippen LogP contribution is -2.38. The zero-order chi connectivity index (χ0) is 16.8. The van der Waals surface area contributed by atoms with Gasteiger partial charge in [-0.05, 0) is 55.4 Å². The summed E-state index contributed by atoms with van der Waals surface area (Å²) in [6.07, 6.45) is 3.50. The zero-order valence-electron chi connectivity index (χ0n) is 14.1. The average Bonchev–Trinajstić information content (AvgIpc) is 2.98. The largest absolute Gasteiger partial charge is 0.455 e. The molecule has 0 bridgehead atoms. The average molecular weight is 335 g/mol. The molecule has 0 saturated carbocycles. The van der Waals surface area contributed by atoms with E-state index in [0.29, 0.717) is 5.92 Å². The molecule has 126 valence electrons. The lowest BCUT2D eigenvalue weighted by molar-refractivity contribution is -0.146. The lowest BCUT2D eigenvalue weighted by atomic mass is 10.1. The van der Waals surface area contributed by atoms with Crippen LogP contribution in [-0.4, -0.2) is 30.3 Å². The van der Waals surface area contributed by atoms with Crippen LogP contribution in [0.4, 0.5) is 0 Å². The van der Waals surface area contributed by atoms with Crippen LogP contribution in [0.5, 0.6) is 0 Å². The molecule has 0 spiro atoms. The Labute approximate surface area is 142 Å². The summed E-state index contributed by atoms with van der Waals surface area (Å²) in [5.41, 5.74) is 2.82. The minimum atomic E-state index is -0.358. The van der Waals surface area contributed by atoms with Crippen LogP contribution in [0.15, 0.2) is 23.1 Å². The molecule has 23 heavy (non-hydrogen) atoms. The van der Waals surface area contributed by atoms with Crippen molar-refractivity contribution in [1.82, 2.24) is 5.32 Å². The molecule has 0 radical (unpaired) electrons. The lowest BCUT2D eigenvalue weighted by Gasteiger charge is -2.17. The number of rotatable bonds is 7. The predicted molar refractivity (Wildman–Crippen MR) is 92.6 cm³/mol. The van der Waals surface area contributed by atoms with Crippen LogP contribution in [-0.2, 0) is 27.2 Å². The molecule has 2 rings (SSSR count). The molecule has 1 aromatic carbocycles. The Bertz CT molecular complexity index is 571. The number of benzene rings is 1. The van der Waals surface area contributed by atoms with E-state index in [2.05, 4.69) is 23.5 Å². The molecular weight excluding hydrogens is 310 g/mol. The molecule has 1 atom stereocenters. The van der Waals surface area contributed by atoms with Crippen LogP contribution in [0.25, 0.3) is 0 Å². The Kier molecular flexibility index (Phi) is 6.51. The Morgan fingerprint density at radius 1 is 1.22 bits per heavy atom. The van der Waals surface area contributed by atoms with E-state index in [1.54, 1.807) is 0 Å². The van der Waals surface area contributed by atoms with E-state index < -0.39 is 0 Å². The van der Waals surface area contributed by atoms with Crippen molar-refractivity contribution in [3.63, 3.8) is 0 Å². The second kappa shape index (κ2) is 8.39. The van der Waals surface area contributed by atoms with Gasteiger partial charge in [0.25, 0.3) is 5.91 Å². The Morgan fingerprint density at radius 2 is 1.96 bits per heavy atom. The highest BCUT2D eigenvalue weighted by Gasteiger charge is 2.14. The maximum Gasteiger partial charge on any atom is 0.316 e. The fraction of sp³-hybridized carbons (Fsp3) is 0.556. The highest BCUT2D eigenvalue weighted by molar-refractivity contribution is 8.00. The maximum absolute atomic E-state index is 11.8. The molecule has 0 fully saturated rings. The van der Waals surface area contributed by atoms with Crippen molar-refractivity contribution >= 4 is 23.6 Å². The van der Waals surface area contributed by atoms with Gasteiger partial charge >= 0.3 is 5.97 Å². The number of esters is 1. The molecule has 0 aromatic heterocycles. The SMILES string of the molecule is CC(C)C(C)NC(=O)COC(=O)CSc1ccc2c(c1)CCC2. The fourth-order valence-corrected chi connectivity index (χ4v) is 3.19. The van der Waals surface area contributed by atoms with Crippen LogP contribution in [0, 0.1) is 5.92 Å². The normalized spacial score (nSPS) is 14.4. The first-order chi connectivity index (χ1) is 11.0. The van der Waals surface area contributed by atoms with Crippen LogP contribution in [0.1, 0.15) is 38.3 Å². The quantitative estimate of drug-likeness (QED) is 0.615. The first kappa shape index (κ1) is 17.9. The number of thioether (sulfide) groups is 1. The van der Waals surface area contributed by atoms with E-state index in [0.717, 1.165) is 17.7 Å². The van der Waals surface area contributed by atoms with Crippen molar-refractivity contribution in [3.8, 4) is 0 Å². The number of ether oxygens (including phenoxy) is 1. The van der Waals surface area contributed by atoms with E-state index in [1.165, 1.54) is 29.3 Å². The van der Waals surface area contributed by atoms with Gasteiger partial charge in [0.2, 0.25) is 0 Å². The maximum atomic E-state index is 11.8. The third-order valence-electron chi connectivity index (χ3n) is 4.18. The molecule has 1 N–H and O–H groups in total. The van der Waals surface area contributed by atoms with E-state index in [1.807, 2.05) is 20.8 Å². The second-order valence-corrected chi connectivity index (χ2v) is 7.38.